The number of carboxylic acid groups (broad SMARTS) is 1. The predicted molar refractivity (Wildman–Crippen MR) is 69.6 cm³/mol. The van der Waals surface area contributed by atoms with Crippen molar-refractivity contribution in [1.82, 2.24) is 0 Å². The molecule has 4 nitrogen and oxygen atoms in total. The first-order valence-electron chi connectivity index (χ1n) is 5.55. The summed E-state index contributed by atoms with van der Waals surface area (Å²) in [6, 6.07) is 4.92. The number of benzene rings is 1. The zero-order chi connectivity index (χ0) is 14.4. The van der Waals surface area contributed by atoms with Crippen LogP contribution in [0.15, 0.2) is 24.3 Å². The highest BCUT2D eigenvalue weighted by molar-refractivity contribution is 8.13. The third kappa shape index (κ3) is 5.21. The van der Waals surface area contributed by atoms with Crippen LogP contribution in [-0.2, 0) is 9.59 Å². The Morgan fingerprint density at radius 2 is 1.84 bits per heavy atom. The number of aliphatic carboxylic acids is 1. The maximum absolute atomic E-state index is 12.7. The smallest absolute Gasteiger partial charge is 0.307 e. The van der Waals surface area contributed by atoms with Crippen molar-refractivity contribution >= 4 is 28.6 Å². The SMILES string of the molecule is CC(=O)SCC(CC(=O)c1ccc(F)cc1)C(=O)O. The fraction of sp³-hybridized carbons (Fsp3) is 0.308. The third-order valence-electron chi connectivity index (χ3n) is 2.44. The summed E-state index contributed by atoms with van der Waals surface area (Å²) in [5, 5.41) is 8.80. The standard InChI is InChI=1S/C13H13FO4S/c1-8(15)19-7-10(13(17)18)6-12(16)9-2-4-11(14)5-3-9/h2-5,10H,6-7H2,1H3,(H,17,18). The predicted octanol–water partition coefficient (Wildman–Crippen LogP) is 2.38. The molecule has 6 heteroatoms. The average Bonchev–Trinajstić information content (AvgIpc) is 2.34. The number of halogens is 1. The summed E-state index contributed by atoms with van der Waals surface area (Å²) in [6.45, 7) is 1.34. The second-order valence-corrected chi connectivity index (χ2v) is 5.17. The molecule has 0 aliphatic heterocycles. The molecule has 0 aliphatic rings. The number of rotatable bonds is 6. The van der Waals surface area contributed by atoms with Crippen molar-refractivity contribution in [1.29, 1.82) is 0 Å². The molecular formula is C13H13FO4S. The van der Waals surface area contributed by atoms with E-state index >= 15 is 0 Å². The van der Waals surface area contributed by atoms with Gasteiger partial charge in [0, 0.05) is 24.7 Å². The van der Waals surface area contributed by atoms with Gasteiger partial charge in [0.2, 0.25) is 0 Å². The van der Waals surface area contributed by atoms with Crippen LogP contribution in [0.2, 0.25) is 0 Å². The van der Waals surface area contributed by atoms with E-state index in [4.69, 9.17) is 5.11 Å². The summed E-state index contributed by atoms with van der Waals surface area (Å²) >= 11 is 0.875. The molecule has 0 saturated heterocycles. The number of carbonyl (C=O) groups excluding carboxylic acids is 2. The molecule has 1 atom stereocenters. The Kier molecular flexibility index (Phi) is 5.69. The summed E-state index contributed by atoms with van der Waals surface area (Å²) in [6.07, 6.45) is -0.207. The topological polar surface area (TPSA) is 71.4 Å². The fourth-order valence-electron chi connectivity index (χ4n) is 1.41. The van der Waals surface area contributed by atoms with Gasteiger partial charge in [-0.25, -0.2) is 4.39 Å². The number of hydrogen-bond acceptors (Lipinski definition) is 4. The van der Waals surface area contributed by atoms with Crippen molar-refractivity contribution in [3.05, 3.63) is 35.6 Å². The second kappa shape index (κ2) is 7.04. The van der Waals surface area contributed by atoms with Gasteiger partial charge in [0.15, 0.2) is 10.9 Å². The van der Waals surface area contributed by atoms with Crippen LogP contribution in [0.3, 0.4) is 0 Å². The van der Waals surface area contributed by atoms with E-state index < -0.39 is 17.7 Å². The Bertz CT molecular complexity index is 484. The molecular weight excluding hydrogens is 271 g/mol. The van der Waals surface area contributed by atoms with E-state index in [-0.39, 0.29) is 28.6 Å². The number of thioether (sulfide) groups is 1. The molecule has 0 spiro atoms. The van der Waals surface area contributed by atoms with Crippen molar-refractivity contribution in [2.75, 3.05) is 5.75 Å². The molecule has 1 aromatic rings. The molecule has 1 rings (SSSR count). The summed E-state index contributed by atoms with van der Waals surface area (Å²) < 4.78 is 12.7. The van der Waals surface area contributed by atoms with Crippen LogP contribution in [0.4, 0.5) is 4.39 Å². The highest BCUT2D eigenvalue weighted by atomic mass is 32.2. The third-order valence-corrected chi connectivity index (χ3v) is 3.41. The van der Waals surface area contributed by atoms with Crippen LogP contribution in [0.5, 0.6) is 0 Å². The van der Waals surface area contributed by atoms with Gasteiger partial charge in [-0.1, -0.05) is 11.8 Å². The lowest BCUT2D eigenvalue weighted by Crippen LogP contribution is -2.21. The van der Waals surface area contributed by atoms with Crippen molar-refractivity contribution < 1.29 is 23.9 Å². The molecule has 0 amide bonds. The second-order valence-electron chi connectivity index (χ2n) is 3.97. The average molecular weight is 284 g/mol. The van der Waals surface area contributed by atoms with E-state index in [0.717, 1.165) is 23.9 Å². The minimum Gasteiger partial charge on any atom is -0.481 e. The molecule has 0 fully saturated rings. The Morgan fingerprint density at radius 3 is 2.32 bits per heavy atom. The van der Waals surface area contributed by atoms with Crippen LogP contribution in [0.25, 0.3) is 0 Å². The highest BCUT2D eigenvalue weighted by Gasteiger charge is 2.22. The van der Waals surface area contributed by atoms with Crippen LogP contribution in [0.1, 0.15) is 23.7 Å². The number of carbonyl (C=O) groups is 3. The lowest BCUT2D eigenvalue weighted by molar-refractivity contribution is -0.140. The summed E-state index contributed by atoms with van der Waals surface area (Å²) in [5.74, 6) is -2.83. The lowest BCUT2D eigenvalue weighted by Gasteiger charge is -2.10. The maximum Gasteiger partial charge on any atom is 0.307 e. The molecule has 0 radical (unpaired) electrons. The first-order chi connectivity index (χ1) is 8.90. The van der Waals surface area contributed by atoms with Crippen LogP contribution < -0.4 is 0 Å². The molecule has 0 heterocycles. The monoisotopic (exact) mass is 284 g/mol. The normalized spacial score (nSPS) is 11.9. The molecule has 0 aromatic heterocycles. The Balaban J connectivity index is 2.68. The van der Waals surface area contributed by atoms with E-state index in [2.05, 4.69) is 0 Å². The zero-order valence-corrected chi connectivity index (χ0v) is 11.1. The van der Waals surface area contributed by atoms with Crippen molar-refractivity contribution in [2.45, 2.75) is 13.3 Å². The lowest BCUT2D eigenvalue weighted by atomic mass is 10.00. The molecule has 1 aromatic carbocycles. The van der Waals surface area contributed by atoms with Crippen LogP contribution in [0, 0.1) is 11.7 Å². The van der Waals surface area contributed by atoms with E-state index in [1.807, 2.05) is 0 Å². The van der Waals surface area contributed by atoms with E-state index in [1.54, 1.807) is 0 Å². The van der Waals surface area contributed by atoms with Gasteiger partial charge in [-0.05, 0) is 24.3 Å². The van der Waals surface area contributed by atoms with E-state index in [1.165, 1.54) is 19.1 Å². The summed E-state index contributed by atoms with van der Waals surface area (Å²) in [5.41, 5.74) is 0.264. The van der Waals surface area contributed by atoms with Gasteiger partial charge >= 0.3 is 5.97 Å². The van der Waals surface area contributed by atoms with Gasteiger partial charge < -0.3 is 5.11 Å². The molecule has 102 valence electrons. The quantitative estimate of drug-likeness (QED) is 0.812. The molecule has 19 heavy (non-hydrogen) atoms. The molecule has 0 saturated carbocycles. The highest BCUT2D eigenvalue weighted by Crippen LogP contribution is 2.17. The molecule has 0 aliphatic carbocycles. The number of Topliss-reactive ketones (excluding diaryl/α,β-unsaturated/α-hetero) is 1. The van der Waals surface area contributed by atoms with Gasteiger partial charge in [-0.15, -0.1) is 0 Å². The van der Waals surface area contributed by atoms with Crippen LogP contribution >= 0.6 is 11.8 Å². The van der Waals surface area contributed by atoms with Crippen molar-refractivity contribution in [2.24, 2.45) is 5.92 Å². The molecule has 0 bridgehead atoms. The van der Waals surface area contributed by atoms with Gasteiger partial charge in [-0.2, -0.15) is 0 Å². The minimum atomic E-state index is -1.12. The van der Waals surface area contributed by atoms with Crippen molar-refractivity contribution in [3.63, 3.8) is 0 Å². The zero-order valence-electron chi connectivity index (χ0n) is 10.3. The van der Waals surface area contributed by atoms with Gasteiger partial charge in [-0.3, -0.25) is 14.4 Å². The number of ketones is 1. The van der Waals surface area contributed by atoms with Crippen molar-refractivity contribution in [3.8, 4) is 0 Å². The Hall–Kier alpha value is -1.69. The van der Waals surface area contributed by atoms with Gasteiger partial charge in [0.1, 0.15) is 5.82 Å². The Morgan fingerprint density at radius 1 is 1.26 bits per heavy atom. The fourth-order valence-corrected chi connectivity index (χ4v) is 2.11. The number of hydrogen-bond donors (Lipinski definition) is 1. The summed E-state index contributed by atoms with van der Waals surface area (Å²) in [7, 11) is 0. The Labute approximate surface area is 114 Å². The maximum atomic E-state index is 12.7. The first-order valence-corrected chi connectivity index (χ1v) is 6.53. The van der Waals surface area contributed by atoms with Gasteiger partial charge in [0.25, 0.3) is 0 Å². The minimum absolute atomic E-state index is 0.0532. The first kappa shape index (κ1) is 15.4. The largest absolute Gasteiger partial charge is 0.481 e. The van der Waals surface area contributed by atoms with E-state index in [0.29, 0.717) is 0 Å². The summed E-state index contributed by atoms with van der Waals surface area (Å²) in [4.78, 5) is 33.6. The molecule has 1 unspecified atom stereocenters. The number of carboxylic acids is 1. The van der Waals surface area contributed by atoms with E-state index in [9.17, 15) is 18.8 Å². The van der Waals surface area contributed by atoms with Crippen LogP contribution in [-0.4, -0.2) is 27.7 Å². The molecule has 1 N–H and O–H groups in total. The van der Waals surface area contributed by atoms with Gasteiger partial charge in [0.05, 0.1) is 5.92 Å².